The van der Waals surface area contributed by atoms with E-state index in [1.165, 1.54) is 7.11 Å². The van der Waals surface area contributed by atoms with E-state index in [1.54, 1.807) is 62.4 Å². The molecule has 3 atom stereocenters. The van der Waals surface area contributed by atoms with Crippen LogP contribution in [0.4, 0.5) is 10.5 Å². The van der Waals surface area contributed by atoms with Crippen LogP contribution in [0.3, 0.4) is 0 Å². The maximum atomic E-state index is 12.6. The molecule has 0 bridgehead atoms. The Morgan fingerprint density at radius 1 is 1.06 bits per heavy atom. The lowest BCUT2D eigenvalue weighted by molar-refractivity contribution is -0.148. The van der Waals surface area contributed by atoms with E-state index in [-0.39, 0.29) is 6.61 Å². The Bertz CT molecular complexity index is 902. The third-order valence-electron chi connectivity index (χ3n) is 4.75. The first-order chi connectivity index (χ1) is 14.8. The number of esters is 1. The fraction of sp³-hybridized carbons (Fsp3) is 0.318. The van der Waals surface area contributed by atoms with E-state index in [0.717, 1.165) is 0 Å². The van der Waals surface area contributed by atoms with Gasteiger partial charge >= 0.3 is 12.0 Å². The van der Waals surface area contributed by atoms with Crippen LogP contribution in [0.15, 0.2) is 48.5 Å². The van der Waals surface area contributed by atoms with E-state index in [9.17, 15) is 14.4 Å². The molecule has 2 aromatic rings. The number of primary amides is 1. The molecule has 3 amide bonds. The van der Waals surface area contributed by atoms with Crippen LogP contribution in [-0.2, 0) is 14.3 Å². The summed E-state index contributed by atoms with van der Waals surface area (Å²) in [7, 11) is 1.53. The zero-order chi connectivity index (χ0) is 23.0. The van der Waals surface area contributed by atoms with E-state index in [0.29, 0.717) is 22.0 Å². The first kappa shape index (κ1) is 24.0. The summed E-state index contributed by atoms with van der Waals surface area (Å²) in [6.07, 6.45) is 0. The summed E-state index contributed by atoms with van der Waals surface area (Å²) in [4.78, 5) is 37.4. The molecule has 0 spiro atoms. The number of anilines is 1. The maximum absolute atomic E-state index is 12.6. The fourth-order valence-electron chi connectivity index (χ4n) is 3.20. The van der Waals surface area contributed by atoms with Gasteiger partial charge in [0.1, 0.15) is 11.8 Å². The number of hydrogen-bond donors (Lipinski definition) is 3. The van der Waals surface area contributed by atoms with Gasteiger partial charge in [-0.1, -0.05) is 30.7 Å². The van der Waals surface area contributed by atoms with Crippen molar-refractivity contribution >= 4 is 35.2 Å². The summed E-state index contributed by atoms with van der Waals surface area (Å²) in [5.74, 6) is -2.21. The number of rotatable bonds is 9. The molecule has 2 rings (SSSR count). The lowest BCUT2D eigenvalue weighted by Gasteiger charge is -2.30. The highest BCUT2D eigenvalue weighted by molar-refractivity contribution is 6.30. The van der Waals surface area contributed by atoms with Gasteiger partial charge in [-0.2, -0.15) is 0 Å². The molecule has 0 radical (unpaired) electrons. The van der Waals surface area contributed by atoms with Crippen LogP contribution in [0.5, 0.6) is 5.75 Å². The van der Waals surface area contributed by atoms with Gasteiger partial charge in [0.15, 0.2) is 0 Å². The van der Waals surface area contributed by atoms with Gasteiger partial charge in [0, 0.05) is 16.6 Å². The van der Waals surface area contributed by atoms with Crippen molar-refractivity contribution in [1.29, 1.82) is 0 Å². The van der Waals surface area contributed by atoms with Crippen molar-refractivity contribution in [3.63, 3.8) is 0 Å². The van der Waals surface area contributed by atoms with Gasteiger partial charge in [0.2, 0.25) is 5.91 Å². The van der Waals surface area contributed by atoms with Gasteiger partial charge in [0.05, 0.1) is 19.6 Å². The van der Waals surface area contributed by atoms with Crippen LogP contribution < -0.4 is 21.1 Å². The molecule has 0 aliphatic carbocycles. The molecule has 4 N–H and O–H groups in total. The van der Waals surface area contributed by atoms with E-state index < -0.39 is 35.8 Å². The number of nitrogens with one attached hydrogen (secondary N) is 2. The molecule has 8 nitrogen and oxygen atoms in total. The lowest BCUT2D eigenvalue weighted by atomic mass is 9.81. The van der Waals surface area contributed by atoms with Gasteiger partial charge in [-0.25, -0.2) is 4.79 Å². The zero-order valence-electron chi connectivity index (χ0n) is 17.6. The Balaban J connectivity index is 2.33. The number of urea groups is 1. The first-order valence-corrected chi connectivity index (χ1v) is 10.1. The average Bonchev–Trinajstić information content (AvgIpc) is 2.75. The first-order valence-electron chi connectivity index (χ1n) is 9.69. The smallest absolute Gasteiger partial charge is 0.319 e. The van der Waals surface area contributed by atoms with E-state index in [2.05, 4.69) is 10.6 Å². The number of carbonyl (C=O) groups excluding carboxylic acids is 3. The Labute approximate surface area is 186 Å². The highest BCUT2D eigenvalue weighted by Gasteiger charge is 2.37. The lowest BCUT2D eigenvalue weighted by Crippen LogP contribution is -2.51. The van der Waals surface area contributed by atoms with Crippen molar-refractivity contribution < 1.29 is 23.9 Å². The number of ether oxygens (including phenoxy) is 2. The minimum atomic E-state index is -1.18. The van der Waals surface area contributed by atoms with Gasteiger partial charge in [-0.3, -0.25) is 9.59 Å². The van der Waals surface area contributed by atoms with Crippen LogP contribution in [0.25, 0.3) is 0 Å². The molecule has 2 aromatic carbocycles. The zero-order valence-corrected chi connectivity index (χ0v) is 18.3. The molecule has 0 saturated heterocycles. The van der Waals surface area contributed by atoms with Crippen molar-refractivity contribution in [2.24, 2.45) is 11.7 Å². The van der Waals surface area contributed by atoms with Crippen molar-refractivity contribution in [3.05, 3.63) is 59.1 Å². The van der Waals surface area contributed by atoms with Crippen LogP contribution in [0.2, 0.25) is 5.02 Å². The van der Waals surface area contributed by atoms with Gasteiger partial charge in [-0.05, 0) is 48.9 Å². The molecule has 0 fully saturated rings. The second-order valence-corrected chi connectivity index (χ2v) is 7.26. The molecule has 166 valence electrons. The summed E-state index contributed by atoms with van der Waals surface area (Å²) >= 11 is 5.85. The second-order valence-electron chi connectivity index (χ2n) is 6.83. The number of nitrogens with two attached hydrogens (primary N) is 1. The van der Waals surface area contributed by atoms with Crippen LogP contribution in [-0.4, -0.2) is 37.7 Å². The highest BCUT2D eigenvalue weighted by atomic mass is 35.5. The van der Waals surface area contributed by atoms with Crippen LogP contribution >= 0.6 is 11.6 Å². The maximum Gasteiger partial charge on any atom is 0.319 e. The van der Waals surface area contributed by atoms with Crippen LogP contribution in [0.1, 0.15) is 25.3 Å². The summed E-state index contributed by atoms with van der Waals surface area (Å²) in [6, 6.07) is 11.5. The summed E-state index contributed by atoms with van der Waals surface area (Å²) < 4.78 is 10.3. The highest BCUT2D eigenvalue weighted by Crippen LogP contribution is 2.31. The van der Waals surface area contributed by atoms with Crippen molar-refractivity contribution in [2.45, 2.75) is 25.8 Å². The minimum absolute atomic E-state index is 0.185. The quantitative estimate of drug-likeness (QED) is 0.509. The van der Waals surface area contributed by atoms with Gasteiger partial charge in [-0.15, -0.1) is 0 Å². The average molecular weight is 448 g/mol. The topological polar surface area (TPSA) is 120 Å². The van der Waals surface area contributed by atoms with Gasteiger partial charge in [0.25, 0.3) is 0 Å². The molecule has 0 saturated carbocycles. The molecule has 9 heteroatoms. The molecular formula is C22H26ClN3O5. The summed E-state index contributed by atoms with van der Waals surface area (Å²) in [6.45, 7) is 3.50. The molecule has 31 heavy (non-hydrogen) atoms. The van der Waals surface area contributed by atoms with E-state index in [1.807, 2.05) is 0 Å². The van der Waals surface area contributed by atoms with E-state index in [4.69, 9.17) is 26.8 Å². The third-order valence-corrected chi connectivity index (χ3v) is 5.00. The number of carbonyl (C=O) groups is 3. The molecular weight excluding hydrogens is 422 g/mol. The monoisotopic (exact) mass is 447 g/mol. The number of benzene rings is 2. The molecule has 0 heterocycles. The third kappa shape index (κ3) is 6.62. The summed E-state index contributed by atoms with van der Waals surface area (Å²) in [5, 5.41) is 5.73. The Morgan fingerprint density at radius 2 is 1.68 bits per heavy atom. The Hall–Kier alpha value is -3.26. The molecule has 3 unspecified atom stereocenters. The van der Waals surface area contributed by atoms with Gasteiger partial charge < -0.3 is 25.8 Å². The standard InChI is InChI=1S/C22H26ClN3O5/c1-4-31-21(28)13(2)18(14-5-11-17(30-3)12-6-14)19(20(24)27)26-22(29)25-16-9-7-15(23)8-10-16/h5-13,18-19H,4H2,1-3H3,(H2,24,27)(H2,25,26,29). The Morgan fingerprint density at radius 3 is 2.19 bits per heavy atom. The largest absolute Gasteiger partial charge is 0.497 e. The number of hydrogen-bond acceptors (Lipinski definition) is 5. The number of amides is 3. The van der Waals surface area contributed by atoms with Crippen molar-refractivity contribution in [2.75, 3.05) is 19.0 Å². The van der Waals surface area contributed by atoms with Crippen molar-refractivity contribution in [1.82, 2.24) is 5.32 Å². The molecule has 0 aliphatic heterocycles. The number of methoxy groups -OCH3 is 1. The predicted molar refractivity (Wildman–Crippen MR) is 118 cm³/mol. The summed E-state index contributed by atoms with van der Waals surface area (Å²) in [5.41, 5.74) is 6.73. The normalized spacial score (nSPS) is 13.4. The second kappa shape index (κ2) is 11.2. The van der Waals surface area contributed by atoms with Crippen molar-refractivity contribution in [3.8, 4) is 5.75 Å². The minimum Gasteiger partial charge on any atom is -0.497 e. The molecule has 0 aromatic heterocycles. The fourth-order valence-corrected chi connectivity index (χ4v) is 3.32. The Kier molecular flexibility index (Phi) is 8.69. The SMILES string of the molecule is CCOC(=O)C(C)C(c1ccc(OC)cc1)C(NC(=O)Nc1ccc(Cl)cc1)C(N)=O. The number of halogens is 1. The van der Waals surface area contributed by atoms with E-state index >= 15 is 0 Å². The van der Waals surface area contributed by atoms with Crippen LogP contribution in [0, 0.1) is 5.92 Å². The predicted octanol–water partition coefficient (Wildman–Crippen LogP) is 3.31. The molecule has 0 aliphatic rings.